The average molecular weight is 551 g/mol. The van der Waals surface area contributed by atoms with E-state index in [1.165, 1.54) is 6.92 Å². The van der Waals surface area contributed by atoms with Gasteiger partial charge in [-0.3, -0.25) is 4.79 Å². The van der Waals surface area contributed by atoms with Gasteiger partial charge < -0.3 is 35.4 Å². The Labute approximate surface area is 229 Å². The van der Waals surface area contributed by atoms with Crippen LogP contribution in [0.25, 0.3) is 22.3 Å². The molecule has 5 rings (SSSR count). The second-order valence-electron chi connectivity index (χ2n) is 9.12. The molecule has 11 heteroatoms. The van der Waals surface area contributed by atoms with Crippen LogP contribution >= 0.6 is 11.6 Å². The van der Waals surface area contributed by atoms with Crippen LogP contribution in [0.5, 0.6) is 5.75 Å². The molecule has 4 aromatic rings. The largest absolute Gasteiger partial charge is 0.463 e. The number of aliphatic hydroxyl groups excluding tert-OH is 3. The van der Waals surface area contributed by atoms with Crippen molar-refractivity contribution in [2.75, 3.05) is 11.9 Å². The number of hydrogen-bond donors (Lipinski definition) is 5. The lowest BCUT2D eigenvalue weighted by Gasteiger charge is -2.42. The summed E-state index contributed by atoms with van der Waals surface area (Å²) >= 11 is 6.04. The van der Waals surface area contributed by atoms with Gasteiger partial charge in [-0.2, -0.15) is 0 Å². The predicted octanol–water partition coefficient (Wildman–Crippen LogP) is 3.02. The van der Waals surface area contributed by atoms with Crippen LogP contribution in [0.1, 0.15) is 6.92 Å². The minimum atomic E-state index is -1.40. The molecule has 39 heavy (non-hydrogen) atoms. The first-order valence-corrected chi connectivity index (χ1v) is 12.7. The first-order valence-electron chi connectivity index (χ1n) is 12.3. The predicted molar refractivity (Wildman–Crippen MR) is 146 cm³/mol. The number of nitrogens with zero attached hydrogens (tertiary/aromatic N) is 2. The lowest BCUT2D eigenvalue weighted by molar-refractivity contribution is -0.244. The Morgan fingerprint density at radius 1 is 1.00 bits per heavy atom. The lowest BCUT2D eigenvalue weighted by Crippen LogP contribution is -2.65. The van der Waals surface area contributed by atoms with E-state index < -0.39 is 43.2 Å². The highest BCUT2D eigenvalue weighted by molar-refractivity contribution is 6.30. The minimum absolute atomic E-state index is 0.385. The normalized spacial score (nSPS) is 22.8. The number of aliphatic hydroxyl groups is 3. The van der Waals surface area contributed by atoms with Crippen molar-refractivity contribution in [3.8, 4) is 17.1 Å². The summed E-state index contributed by atoms with van der Waals surface area (Å²) in [4.78, 5) is 21.1. The average Bonchev–Trinajstić information content (AvgIpc) is 2.94. The number of fused-ring (bicyclic) bond motifs is 1. The third-order valence-electron chi connectivity index (χ3n) is 6.33. The lowest BCUT2D eigenvalue weighted by atomic mass is 9.97. The number of aromatic nitrogens is 2. The molecule has 202 valence electrons. The third-order valence-corrected chi connectivity index (χ3v) is 6.58. The molecule has 1 aliphatic rings. The summed E-state index contributed by atoms with van der Waals surface area (Å²) in [5, 5.41) is 37.5. The van der Waals surface area contributed by atoms with E-state index in [1.54, 1.807) is 36.4 Å². The fourth-order valence-electron chi connectivity index (χ4n) is 4.36. The number of benzene rings is 3. The summed E-state index contributed by atoms with van der Waals surface area (Å²) < 4.78 is 11.5. The van der Waals surface area contributed by atoms with Crippen LogP contribution < -0.4 is 15.4 Å². The molecule has 5 atom stereocenters. The highest BCUT2D eigenvalue weighted by Gasteiger charge is 2.46. The molecule has 0 aliphatic carbocycles. The van der Waals surface area contributed by atoms with Crippen LogP contribution in [0.3, 0.4) is 0 Å². The van der Waals surface area contributed by atoms with Gasteiger partial charge in [0, 0.05) is 28.6 Å². The summed E-state index contributed by atoms with van der Waals surface area (Å²) in [7, 11) is 0. The highest BCUT2D eigenvalue weighted by atomic mass is 35.5. The molecule has 10 nitrogen and oxygen atoms in total. The topological polar surface area (TPSA) is 146 Å². The third kappa shape index (κ3) is 5.95. The monoisotopic (exact) mass is 550 g/mol. The second kappa shape index (κ2) is 11.5. The van der Waals surface area contributed by atoms with Gasteiger partial charge in [-0.25, -0.2) is 9.97 Å². The number of amides is 1. The molecule has 0 spiro atoms. The smallest absolute Gasteiger partial charge is 0.223 e. The molecule has 1 saturated heterocycles. The van der Waals surface area contributed by atoms with Crippen molar-refractivity contribution >= 4 is 39.9 Å². The molecular weight excluding hydrogens is 524 g/mol. The Balaban J connectivity index is 1.38. The van der Waals surface area contributed by atoms with Crippen LogP contribution in [0.15, 0.2) is 72.8 Å². The van der Waals surface area contributed by atoms with Gasteiger partial charge in [-0.05, 0) is 60.7 Å². The first-order chi connectivity index (χ1) is 18.8. The molecule has 0 unspecified atom stereocenters. The summed E-state index contributed by atoms with van der Waals surface area (Å²) in [6.07, 6.45) is -5.00. The van der Waals surface area contributed by atoms with E-state index in [-0.39, 0.29) is 0 Å². The van der Waals surface area contributed by atoms with E-state index in [2.05, 4.69) is 10.6 Å². The number of ether oxygens (including phenoxy) is 2. The number of anilines is 2. The standard InChI is InChI=1S/C28H27ClN4O6/c1-15(35)30-23-25(37)24(36)22(14-34)39-28(23)38-19-12-10-18(11-13-19)31-27-20-4-2-3-5-21(20)32-26(33-27)16-6-8-17(29)9-7-16/h2-13,22-25,28,34,36-37H,14H2,1H3,(H,30,35)(H,31,32,33)/t22-,23+,24+,25+,28-/m1/s1. The van der Waals surface area contributed by atoms with Crippen LogP contribution in [0, 0.1) is 0 Å². The van der Waals surface area contributed by atoms with Gasteiger partial charge in [0.1, 0.15) is 35.9 Å². The van der Waals surface area contributed by atoms with Gasteiger partial charge in [0.2, 0.25) is 12.2 Å². The summed E-state index contributed by atoms with van der Waals surface area (Å²) in [5.74, 6) is 1.12. The number of para-hydroxylation sites is 1. The van der Waals surface area contributed by atoms with Crippen molar-refractivity contribution in [3.63, 3.8) is 0 Å². The molecule has 1 amide bonds. The highest BCUT2D eigenvalue weighted by Crippen LogP contribution is 2.30. The fraction of sp³-hybridized carbons (Fsp3) is 0.250. The molecule has 3 aromatic carbocycles. The molecule has 0 radical (unpaired) electrons. The van der Waals surface area contributed by atoms with Gasteiger partial charge in [-0.1, -0.05) is 23.7 Å². The van der Waals surface area contributed by atoms with E-state index >= 15 is 0 Å². The Morgan fingerprint density at radius 3 is 2.41 bits per heavy atom. The molecule has 1 fully saturated rings. The van der Waals surface area contributed by atoms with Gasteiger partial charge in [0.25, 0.3) is 0 Å². The SMILES string of the molecule is CC(=O)N[C@@H]1[C@H](Oc2ccc(Nc3nc(-c4ccc(Cl)cc4)nc4ccccc34)cc2)O[C@H](CO)[C@H](O)[C@H]1O. The molecule has 1 aliphatic heterocycles. The van der Waals surface area contributed by atoms with Gasteiger partial charge in [-0.15, -0.1) is 0 Å². The van der Waals surface area contributed by atoms with Crippen molar-refractivity contribution in [2.45, 2.75) is 37.6 Å². The Bertz CT molecular complexity index is 1450. The van der Waals surface area contributed by atoms with Crippen LogP contribution in [-0.2, 0) is 9.53 Å². The zero-order chi connectivity index (χ0) is 27.5. The number of halogens is 1. The second-order valence-corrected chi connectivity index (χ2v) is 9.56. The van der Waals surface area contributed by atoms with Crippen LogP contribution in [-0.4, -0.2) is 68.4 Å². The van der Waals surface area contributed by atoms with Crippen LogP contribution in [0.4, 0.5) is 11.5 Å². The quantitative estimate of drug-likeness (QED) is 0.234. The zero-order valence-electron chi connectivity index (χ0n) is 20.9. The maximum atomic E-state index is 11.7. The molecular formula is C28H27ClN4O6. The van der Waals surface area contributed by atoms with Gasteiger partial charge in [0.05, 0.1) is 12.1 Å². The number of carbonyl (C=O) groups is 1. The summed E-state index contributed by atoms with van der Waals surface area (Å²) in [5.41, 5.74) is 2.32. The van der Waals surface area contributed by atoms with E-state index in [1.807, 2.05) is 36.4 Å². The Kier molecular flexibility index (Phi) is 7.92. The first kappa shape index (κ1) is 26.8. The zero-order valence-corrected chi connectivity index (χ0v) is 21.6. The van der Waals surface area contributed by atoms with Crippen molar-refractivity contribution in [1.82, 2.24) is 15.3 Å². The van der Waals surface area contributed by atoms with Crippen molar-refractivity contribution in [2.24, 2.45) is 0 Å². The van der Waals surface area contributed by atoms with Crippen LogP contribution in [0.2, 0.25) is 5.02 Å². The van der Waals surface area contributed by atoms with E-state index in [0.717, 1.165) is 22.2 Å². The van der Waals surface area contributed by atoms with E-state index in [0.29, 0.717) is 22.4 Å². The fourth-order valence-corrected chi connectivity index (χ4v) is 4.48. The van der Waals surface area contributed by atoms with E-state index in [9.17, 15) is 20.1 Å². The minimum Gasteiger partial charge on any atom is -0.463 e. The molecule has 0 saturated carbocycles. The number of nitrogens with one attached hydrogen (secondary N) is 2. The Hall–Kier alpha value is -3.80. The maximum Gasteiger partial charge on any atom is 0.223 e. The Morgan fingerprint density at radius 2 is 1.72 bits per heavy atom. The summed E-state index contributed by atoms with van der Waals surface area (Å²) in [6, 6.07) is 20.9. The molecule has 1 aromatic heterocycles. The number of hydrogen-bond acceptors (Lipinski definition) is 9. The molecule has 5 N–H and O–H groups in total. The summed E-state index contributed by atoms with van der Waals surface area (Å²) in [6.45, 7) is 0.753. The molecule has 0 bridgehead atoms. The van der Waals surface area contributed by atoms with Gasteiger partial charge in [0.15, 0.2) is 5.82 Å². The number of carbonyl (C=O) groups excluding carboxylic acids is 1. The maximum absolute atomic E-state index is 11.7. The number of rotatable bonds is 7. The van der Waals surface area contributed by atoms with E-state index in [4.69, 9.17) is 31.0 Å². The van der Waals surface area contributed by atoms with Gasteiger partial charge >= 0.3 is 0 Å². The van der Waals surface area contributed by atoms with Crippen molar-refractivity contribution < 1.29 is 29.6 Å². The van der Waals surface area contributed by atoms with Crippen molar-refractivity contribution in [3.05, 3.63) is 77.8 Å². The molecule has 2 heterocycles. The van der Waals surface area contributed by atoms with Crippen molar-refractivity contribution in [1.29, 1.82) is 0 Å².